The third-order valence-electron chi connectivity index (χ3n) is 7.99. The van der Waals surface area contributed by atoms with Crippen LogP contribution < -0.4 is 9.80 Å². The zero-order chi connectivity index (χ0) is 23.9. The fourth-order valence-electron chi connectivity index (χ4n) is 6.16. The van der Waals surface area contributed by atoms with E-state index in [1.165, 1.54) is 22.5 Å². The van der Waals surface area contributed by atoms with Gasteiger partial charge in [-0.15, -0.1) is 0 Å². The number of likely N-dealkylation sites (N-methyl/N-ethyl adjacent to an activating group) is 1. The highest BCUT2D eigenvalue weighted by Crippen LogP contribution is 2.41. The maximum Gasteiger partial charge on any atom is 0.197 e. The van der Waals surface area contributed by atoms with Crippen LogP contribution in [0.3, 0.4) is 0 Å². The Kier molecular flexibility index (Phi) is 5.69. The van der Waals surface area contributed by atoms with Crippen molar-refractivity contribution in [3.05, 3.63) is 77.4 Å². The van der Waals surface area contributed by atoms with Crippen molar-refractivity contribution in [1.29, 1.82) is 0 Å². The van der Waals surface area contributed by atoms with E-state index in [1.54, 1.807) is 4.57 Å². The van der Waals surface area contributed by atoms with E-state index in [9.17, 15) is 10.2 Å². The minimum absolute atomic E-state index is 0.231. The van der Waals surface area contributed by atoms with E-state index in [0.717, 1.165) is 50.3 Å². The van der Waals surface area contributed by atoms with E-state index in [1.807, 2.05) is 18.2 Å². The second-order valence-corrected chi connectivity index (χ2v) is 10.1. The first kappa shape index (κ1) is 22.1. The molecule has 6 rings (SSSR count). The molecule has 2 aliphatic heterocycles. The second-order valence-electron chi connectivity index (χ2n) is 10.1. The minimum atomic E-state index is 0.231. The van der Waals surface area contributed by atoms with Crippen LogP contribution in [0.25, 0.3) is 5.57 Å². The monoisotopic (exact) mass is 470 g/mol. The molecular weight excluding hydrogens is 436 g/mol. The third-order valence-corrected chi connectivity index (χ3v) is 7.99. The molecule has 1 aliphatic carbocycles. The van der Waals surface area contributed by atoms with Crippen LogP contribution in [0.2, 0.25) is 0 Å². The molecule has 1 saturated heterocycles. The van der Waals surface area contributed by atoms with E-state index in [0.29, 0.717) is 25.4 Å². The quantitative estimate of drug-likeness (QED) is 0.588. The van der Waals surface area contributed by atoms with Gasteiger partial charge >= 0.3 is 0 Å². The Morgan fingerprint density at radius 1 is 0.829 bits per heavy atom. The fraction of sp³-hybridized carbons (Fsp3) is 0.379. The molecule has 0 amide bonds. The number of para-hydroxylation sites is 2. The summed E-state index contributed by atoms with van der Waals surface area (Å²) in [5, 5.41) is 21.9. The molecule has 0 bridgehead atoms. The van der Waals surface area contributed by atoms with Gasteiger partial charge in [0.05, 0.1) is 17.4 Å². The summed E-state index contributed by atoms with van der Waals surface area (Å²) in [6, 6.07) is 19.5. The van der Waals surface area contributed by atoms with Crippen LogP contribution in [0.5, 0.6) is 11.8 Å². The van der Waals surface area contributed by atoms with E-state index < -0.39 is 0 Å². The zero-order valence-corrected chi connectivity index (χ0v) is 20.4. The minimum Gasteiger partial charge on any atom is -0.494 e. The topological polar surface area (TPSA) is 55.1 Å². The third kappa shape index (κ3) is 3.96. The number of piperazine rings is 1. The molecule has 3 aliphatic rings. The number of hydrogen-bond donors (Lipinski definition) is 2. The van der Waals surface area contributed by atoms with E-state index in [4.69, 9.17) is 0 Å². The zero-order valence-electron chi connectivity index (χ0n) is 20.4. The first-order chi connectivity index (χ1) is 17.1. The molecule has 1 atom stereocenters. The molecular formula is C29H34N4O2. The first-order valence-corrected chi connectivity index (χ1v) is 12.8. The summed E-state index contributed by atoms with van der Waals surface area (Å²) in [6.45, 7) is 5.75. The van der Waals surface area contributed by atoms with E-state index in [-0.39, 0.29) is 11.8 Å². The fourth-order valence-corrected chi connectivity index (χ4v) is 6.16. The van der Waals surface area contributed by atoms with Gasteiger partial charge in [-0.25, -0.2) is 0 Å². The lowest BCUT2D eigenvalue weighted by molar-refractivity contribution is 0.214. The van der Waals surface area contributed by atoms with Crippen LogP contribution in [0.15, 0.2) is 60.7 Å². The normalized spacial score (nSPS) is 19.7. The van der Waals surface area contributed by atoms with Gasteiger partial charge in [-0.05, 0) is 42.7 Å². The second kappa shape index (κ2) is 9.00. The molecule has 1 fully saturated rings. The van der Waals surface area contributed by atoms with Crippen molar-refractivity contribution in [1.82, 2.24) is 9.47 Å². The number of nitrogens with zero attached hydrogens (tertiary/aromatic N) is 4. The Balaban J connectivity index is 1.09. The molecule has 6 heteroatoms. The summed E-state index contributed by atoms with van der Waals surface area (Å²) >= 11 is 0. The number of hydrogen-bond acceptors (Lipinski definition) is 5. The lowest BCUT2D eigenvalue weighted by atomic mass is 9.90. The number of fused-ring (bicyclic) bond motifs is 4. The van der Waals surface area contributed by atoms with Gasteiger partial charge in [-0.1, -0.05) is 48.5 Å². The maximum absolute atomic E-state index is 11.0. The van der Waals surface area contributed by atoms with Crippen molar-refractivity contribution in [2.45, 2.75) is 31.8 Å². The molecule has 0 radical (unpaired) electrons. The number of aromatic nitrogens is 1. The molecule has 3 aromatic rings. The van der Waals surface area contributed by atoms with Gasteiger partial charge in [0.1, 0.15) is 0 Å². The van der Waals surface area contributed by atoms with Gasteiger partial charge in [-0.3, -0.25) is 9.47 Å². The molecule has 1 aromatic heterocycles. The number of anilines is 2. The summed E-state index contributed by atoms with van der Waals surface area (Å²) < 4.78 is 1.72. The summed E-state index contributed by atoms with van der Waals surface area (Å²) in [4.78, 5) is 7.48. The molecule has 0 saturated carbocycles. The Labute approximate surface area is 207 Å². The smallest absolute Gasteiger partial charge is 0.197 e. The van der Waals surface area contributed by atoms with Crippen molar-refractivity contribution in [2.75, 3.05) is 49.6 Å². The molecule has 182 valence electrons. The first-order valence-electron chi connectivity index (χ1n) is 12.8. The maximum atomic E-state index is 11.0. The molecule has 3 heterocycles. The van der Waals surface area contributed by atoms with Gasteiger partial charge in [0.2, 0.25) is 0 Å². The average molecular weight is 471 g/mol. The van der Waals surface area contributed by atoms with Crippen molar-refractivity contribution >= 4 is 16.9 Å². The molecule has 2 aromatic carbocycles. The Bertz CT molecular complexity index is 1250. The van der Waals surface area contributed by atoms with Crippen LogP contribution in [0.1, 0.15) is 23.1 Å². The highest BCUT2D eigenvalue weighted by Gasteiger charge is 2.33. The Hall–Kier alpha value is -3.38. The lowest BCUT2D eigenvalue weighted by Gasteiger charge is -2.49. The summed E-state index contributed by atoms with van der Waals surface area (Å²) in [7, 11) is 2.19. The average Bonchev–Trinajstić information content (AvgIpc) is 3.13. The van der Waals surface area contributed by atoms with Gasteiger partial charge in [0, 0.05) is 57.3 Å². The van der Waals surface area contributed by atoms with Gasteiger partial charge in [0.15, 0.2) is 11.8 Å². The van der Waals surface area contributed by atoms with Crippen molar-refractivity contribution in [3.8, 4) is 11.8 Å². The van der Waals surface area contributed by atoms with Crippen LogP contribution in [-0.2, 0) is 19.4 Å². The number of rotatable bonds is 5. The Morgan fingerprint density at radius 3 is 2.40 bits per heavy atom. The summed E-state index contributed by atoms with van der Waals surface area (Å²) in [5.74, 6) is 0.463. The lowest BCUT2D eigenvalue weighted by Crippen LogP contribution is -2.59. The summed E-state index contributed by atoms with van der Waals surface area (Å²) in [6.07, 6.45) is 4.39. The summed E-state index contributed by atoms with van der Waals surface area (Å²) in [5.41, 5.74) is 6.82. The highest BCUT2D eigenvalue weighted by atomic mass is 16.3. The van der Waals surface area contributed by atoms with Crippen LogP contribution in [-0.4, -0.2) is 65.5 Å². The SMILES string of the molecule is CN1CC2CN(CCCn3c(O)c4c(c3O)CC(c3ccccc3)=CC4)CCN2c2ccccc21. The largest absolute Gasteiger partial charge is 0.494 e. The number of allylic oxidation sites excluding steroid dienone is 2. The van der Waals surface area contributed by atoms with Gasteiger partial charge in [0.25, 0.3) is 0 Å². The van der Waals surface area contributed by atoms with Crippen molar-refractivity contribution in [3.63, 3.8) is 0 Å². The molecule has 1 unspecified atom stereocenters. The van der Waals surface area contributed by atoms with Crippen molar-refractivity contribution in [2.24, 2.45) is 0 Å². The number of aromatic hydroxyl groups is 2. The van der Waals surface area contributed by atoms with Crippen LogP contribution in [0.4, 0.5) is 11.4 Å². The highest BCUT2D eigenvalue weighted by molar-refractivity contribution is 5.74. The predicted molar refractivity (Wildman–Crippen MR) is 141 cm³/mol. The number of benzene rings is 2. The Morgan fingerprint density at radius 2 is 1.57 bits per heavy atom. The predicted octanol–water partition coefficient (Wildman–Crippen LogP) is 4.11. The molecule has 35 heavy (non-hydrogen) atoms. The van der Waals surface area contributed by atoms with Gasteiger partial charge < -0.3 is 20.0 Å². The van der Waals surface area contributed by atoms with Gasteiger partial charge in [-0.2, -0.15) is 0 Å². The van der Waals surface area contributed by atoms with Crippen LogP contribution in [0, 0.1) is 0 Å². The molecule has 0 spiro atoms. The van der Waals surface area contributed by atoms with E-state index in [2.05, 4.69) is 64.2 Å². The van der Waals surface area contributed by atoms with Crippen LogP contribution >= 0.6 is 0 Å². The standard InChI is InChI=1S/C29H34N4O2/c1-30-19-23-20-31(16-17-32(23)27-11-6-5-10-26(27)30)14-7-15-33-28(34)24-13-12-22(18-25(24)29(33)35)21-8-3-2-4-9-21/h2-6,8-12,23,34-35H,7,13-20H2,1H3. The molecule has 6 nitrogen and oxygen atoms in total. The van der Waals surface area contributed by atoms with Crippen molar-refractivity contribution < 1.29 is 10.2 Å². The molecule has 2 N–H and O–H groups in total. The van der Waals surface area contributed by atoms with E-state index >= 15 is 0 Å².